The van der Waals surface area contributed by atoms with E-state index in [1.54, 1.807) is 31.3 Å². The van der Waals surface area contributed by atoms with Crippen molar-refractivity contribution >= 4 is 34.0 Å². The first kappa shape index (κ1) is 16.5. The van der Waals surface area contributed by atoms with Gasteiger partial charge in [-0.15, -0.1) is 0 Å². The molecule has 2 amide bonds. The van der Waals surface area contributed by atoms with Crippen LogP contribution >= 0.6 is 0 Å². The molecule has 0 aliphatic carbocycles. The van der Waals surface area contributed by atoms with Crippen molar-refractivity contribution < 1.29 is 9.59 Å². The average Bonchev–Trinajstić information content (AvgIpc) is 2.66. The van der Waals surface area contributed by atoms with Gasteiger partial charge in [0.05, 0.1) is 6.54 Å². The van der Waals surface area contributed by atoms with Gasteiger partial charge in [0.1, 0.15) is 0 Å². The molecule has 3 aromatic rings. The van der Waals surface area contributed by atoms with Crippen molar-refractivity contribution in [1.82, 2.24) is 5.32 Å². The van der Waals surface area contributed by atoms with Crippen molar-refractivity contribution in [2.24, 2.45) is 0 Å². The molecule has 0 aliphatic rings. The Labute approximate surface area is 146 Å². The van der Waals surface area contributed by atoms with Crippen molar-refractivity contribution in [3.8, 4) is 0 Å². The van der Waals surface area contributed by atoms with Gasteiger partial charge in [-0.2, -0.15) is 0 Å². The summed E-state index contributed by atoms with van der Waals surface area (Å²) in [6.07, 6.45) is 0. The molecule has 0 heterocycles. The van der Waals surface area contributed by atoms with Gasteiger partial charge in [0.2, 0.25) is 5.91 Å². The fraction of sp³-hybridized carbons (Fsp3) is 0.100. The van der Waals surface area contributed by atoms with Gasteiger partial charge >= 0.3 is 0 Å². The normalized spacial score (nSPS) is 10.3. The molecule has 0 aliphatic heterocycles. The lowest BCUT2D eigenvalue weighted by molar-refractivity contribution is -0.114. The quantitative estimate of drug-likeness (QED) is 0.671. The predicted molar refractivity (Wildman–Crippen MR) is 101 cm³/mol. The molecule has 3 aromatic carbocycles. The maximum Gasteiger partial charge on any atom is 0.251 e. The fourth-order valence-corrected chi connectivity index (χ4v) is 2.54. The highest BCUT2D eigenvalue weighted by molar-refractivity contribution is 5.97. The van der Waals surface area contributed by atoms with Crippen molar-refractivity contribution in [1.29, 1.82) is 0 Å². The molecule has 0 atom stereocenters. The van der Waals surface area contributed by atoms with Crippen LogP contribution in [0.25, 0.3) is 10.8 Å². The van der Waals surface area contributed by atoms with Gasteiger partial charge in [0.25, 0.3) is 5.91 Å². The van der Waals surface area contributed by atoms with Crippen LogP contribution in [0, 0.1) is 0 Å². The summed E-state index contributed by atoms with van der Waals surface area (Å²) < 4.78 is 0. The van der Waals surface area contributed by atoms with Gasteiger partial charge in [-0.3, -0.25) is 9.59 Å². The van der Waals surface area contributed by atoms with Crippen molar-refractivity contribution in [3.05, 3.63) is 72.3 Å². The zero-order valence-electron chi connectivity index (χ0n) is 13.9. The van der Waals surface area contributed by atoms with E-state index in [4.69, 9.17) is 0 Å². The van der Waals surface area contributed by atoms with Gasteiger partial charge in [0.15, 0.2) is 0 Å². The largest absolute Gasteiger partial charge is 0.376 e. The minimum Gasteiger partial charge on any atom is -0.376 e. The van der Waals surface area contributed by atoms with Crippen molar-refractivity contribution in [3.63, 3.8) is 0 Å². The van der Waals surface area contributed by atoms with Gasteiger partial charge in [-0.05, 0) is 47.2 Å². The number of hydrogen-bond acceptors (Lipinski definition) is 3. The molecular weight excluding hydrogens is 314 g/mol. The molecule has 126 valence electrons. The monoisotopic (exact) mass is 333 g/mol. The summed E-state index contributed by atoms with van der Waals surface area (Å²) in [7, 11) is 1.59. The number of carbonyl (C=O) groups excluding carboxylic acids is 2. The Morgan fingerprint density at radius 2 is 1.52 bits per heavy atom. The molecule has 0 saturated carbocycles. The van der Waals surface area contributed by atoms with Crippen LogP contribution in [0.15, 0.2) is 66.7 Å². The molecule has 3 rings (SSSR count). The van der Waals surface area contributed by atoms with Crippen LogP contribution in [0.3, 0.4) is 0 Å². The summed E-state index contributed by atoms with van der Waals surface area (Å²) in [5, 5.41) is 10.7. The number of anilines is 2. The highest BCUT2D eigenvalue weighted by atomic mass is 16.2. The summed E-state index contributed by atoms with van der Waals surface area (Å²) >= 11 is 0. The molecule has 0 saturated heterocycles. The zero-order chi connectivity index (χ0) is 17.6. The second-order valence-electron chi connectivity index (χ2n) is 5.62. The summed E-state index contributed by atoms with van der Waals surface area (Å²) in [6, 6.07) is 20.8. The molecule has 0 bridgehead atoms. The molecule has 5 heteroatoms. The third kappa shape index (κ3) is 4.14. The molecule has 0 radical (unpaired) electrons. The van der Waals surface area contributed by atoms with Crippen LogP contribution in [-0.2, 0) is 4.79 Å². The number of hydrogen-bond donors (Lipinski definition) is 3. The van der Waals surface area contributed by atoms with E-state index >= 15 is 0 Å². The number of fused-ring (bicyclic) bond motifs is 1. The average molecular weight is 333 g/mol. The Hall–Kier alpha value is -3.34. The first-order chi connectivity index (χ1) is 12.2. The van der Waals surface area contributed by atoms with E-state index in [-0.39, 0.29) is 18.4 Å². The molecule has 0 fully saturated rings. The maximum atomic E-state index is 12.1. The Kier molecular flexibility index (Phi) is 4.95. The van der Waals surface area contributed by atoms with E-state index in [1.165, 1.54) is 0 Å². The number of benzene rings is 3. The van der Waals surface area contributed by atoms with E-state index in [2.05, 4.69) is 16.0 Å². The second kappa shape index (κ2) is 7.49. The van der Waals surface area contributed by atoms with E-state index in [0.717, 1.165) is 22.1 Å². The summed E-state index contributed by atoms with van der Waals surface area (Å²) in [5.41, 5.74) is 2.12. The molecule has 0 aromatic heterocycles. The van der Waals surface area contributed by atoms with E-state index < -0.39 is 0 Å². The third-order valence-electron chi connectivity index (χ3n) is 3.86. The highest BCUT2D eigenvalue weighted by Gasteiger charge is 2.05. The lowest BCUT2D eigenvalue weighted by Crippen LogP contribution is -2.22. The number of amides is 2. The van der Waals surface area contributed by atoms with Crippen LogP contribution in [-0.4, -0.2) is 25.4 Å². The molecule has 25 heavy (non-hydrogen) atoms. The van der Waals surface area contributed by atoms with Crippen LogP contribution in [0.2, 0.25) is 0 Å². The zero-order valence-corrected chi connectivity index (χ0v) is 13.9. The van der Waals surface area contributed by atoms with Crippen molar-refractivity contribution in [2.75, 3.05) is 24.2 Å². The number of nitrogens with one attached hydrogen (secondary N) is 3. The Balaban J connectivity index is 1.57. The highest BCUT2D eigenvalue weighted by Crippen LogP contribution is 2.18. The predicted octanol–water partition coefficient (Wildman–Crippen LogP) is 3.25. The molecule has 3 N–H and O–H groups in total. The van der Waals surface area contributed by atoms with Gasteiger partial charge in [-0.1, -0.05) is 30.3 Å². The van der Waals surface area contributed by atoms with E-state index in [0.29, 0.717) is 5.56 Å². The maximum absolute atomic E-state index is 12.1. The minimum absolute atomic E-state index is 0.134. The number of carbonyl (C=O) groups is 2. The molecule has 0 spiro atoms. The van der Waals surface area contributed by atoms with Gasteiger partial charge in [-0.25, -0.2) is 0 Å². The topological polar surface area (TPSA) is 70.2 Å². The van der Waals surface area contributed by atoms with Crippen LogP contribution in [0.5, 0.6) is 0 Å². The van der Waals surface area contributed by atoms with Crippen LogP contribution in [0.4, 0.5) is 11.4 Å². The Morgan fingerprint density at radius 1 is 0.840 bits per heavy atom. The van der Waals surface area contributed by atoms with E-state index in [9.17, 15) is 9.59 Å². The summed E-state index contributed by atoms with van der Waals surface area (Å²) in [5.74, 6) is -0.272. The van der Waals surface area contributed by atoms with Crippen LogP contribution < -0.4 is 16.0 Å². The van der Waals surface area contributed by atoms with Gasteiger partial charge in [0, 0.05) is 24.0 Å². The fourth-order valence-electron chi connectivity index (χ4n) is 2.54. The third-order valence-corrected chi connectivity index (χ3v) is 3.86. The van der Waals surface area contributed by atoms with Crippen molar-refractivity contribution in [2.45, 2.75) is 0 Å². The Morgan fingerprint density at radius 3 is 2.24 bits per heavy atom. The first-order valence-corrected chi connectivity index (χ1v) is 8.00. The standard InChI is InChI=1S/C20H19N3O2/c1-21-20(25)15-7-9-17(10-8-15)22-13-19(24)23-18-11-6-14-4-2-3-5-16(14)12-18/h2-12,22H,13H2,1H3,(H,21,25)(H,23,24). The van der Waals surface area contributed by atoms with E-state index in [1.807, 2.05) is 42.5 Å². The lowest BCUT2D eigenvalue weighted by Gasteiger charge is -2.09. The lowest BCUT2D eigenvalue weighted by atomic mass is 10.1. The van der Waals surface area contributed by atoms with Crippen LogP contribution in [0.1, 0.15) is 10.4 Å². The smallest absolute Gasteiger partial charge is 0.251 e. The molecular formula is C20H19N3O2. The SMILES string of the molecule is CNC(=O)c1ccc(NCC(=O)Nc2ccc3ccccc3c2)cc1. The first-order valence-electron chi connectivity index (χ1n) is 8.00. The second-order valence-corrected chi connectivity index (χ2v) is 5.62. The minimum atomic E-state index is -0.138. The van der Waals surface area contributed by atoms with Gasteiger partial charge < -0.3 is 16.0 Å². The molecule has 0 unspecified atom stereocenters. The number of rotatable bonds is 5. The molecule has 5 nitrogen and oxygen atoms in total. The Bertz CT molecular complexity index is 904. The summed E-state index contributed by atoms with van der Waals surface area (Å²) in [4.78, 5) is 23.6. The summed E-state index contributed by atoms with van der Waals surface area (Å²) in [6.45, 7) is 0.145.